The molecular weight excluding hydrogens is 234 g/mol. The predicted octanol–water partition coefficient (Wildman–Crippen LogP) is 3.31. The van der Waals surface area contributed by atoms with Gasteiger partial charge < -0.3 is 10.2 Å². The summed E-state index contributed by atoms with van der Waals surface area (Å²) in [6.45, 7) is 5.47. The van der Waals surface area contributed by atoms with Crippen LogP contribution < -0.4 is 5.32 Å². The number of nitrogens with one attached hydrogen (secondary N) is 1. The minimum absolute atomic E-state index is 0.281. The minimum Gasteiger partial charge on any atom is -0.368 e. The third-order valence-corrected chi connectivity index (χ3v) is 4.53. The lowest BCUT2D eigenvalue weighted by molar-refractivity contribution is 0.0881. The predicted molar refractivity (Wildman–Crippen MR) is 81.5 cm³/mol. The van der Waals surface area contributed by atoms with Gasteiger partial charge in [0.05, 0.1) is 0 Å². The summed E-state index contributed by atoms with van der Waals surface area (Å²) in [7, 11) is 4.42. The molecule has 1 N–H and O–H groups in total. The van der Waals surface area contributed by atoms with Crippen LogP contribution in [0.15, 0.2) is 18.3 Å². The molecule has 0 amide bonds. The number of likely N-dealkylation sites (N-methyl/N-ethyl adjacent to an activating group) is 1. The van der Waals surface area contributed by atoms with Crippen molar-refractivity contribution in [2.45, 2.75) is 45.1 Å². The van der Waals surface area contributed by atoms with Gasteiger partial charge in [-0.25, -0.2) is 4.98 Å². The molecule has 1 fully saturated rings. The first-order chi connectivity index (χ1) is 9.02. The molecule has 3 heteroatoms. The SMILES string of the molecule is Cc1ccnc(NCC2(N(C)C)CCCC(C)C2)c1. The molecule has 1 saturated carbocycles. The van der Waals surface area contributed by atoms with Crippen molar-refractivity contribution in [2.75, 3.05) is 26.0 Å². The zero-order chi connectivity index (χ0) is 13.9. The van der Waals surface area contributed by atoms with Gasteiger partial charge in [-0.1, -0.05) is 19.8 Å². The molecule has 0 spiro atoms. The second kappa shape index (κ2) is 5.91. The summed E-state index contributed by atoms with van der Waals surface area (Å²) in [5.74, 6) is 1.82. The number of hydrogen-bond donors (Lipinski definition) is 1. The average Bonchev–Trinajstić information content (AvgIpc) is 2.36. The van der Waals surface area contributed by atoms with E-state index >= 15 is 0 Å². The first-order valence-electron chi connectivity index (χ1n) is 7.36. The van der Waals surface area contributed by atoms with Crippen molar-refractivity contribution >= 4 is 5.82 Å². The number of rotatable bonds is 4. The van der Waals surface area contributed by atoms with E-state index < -0.39 is 0 Å². The highest BCUT2D eigenvalue weighted by Crippen LogP contribution is 2.35. The molecule has 0 saturated heterocycles. The number of hydrogen-bond acceptors (Lipinski definition) is 3. The molecule has 0 bridgehead atoms. The van der Waals surface area contributed by atoms with Crippen molar-refractivity contribution in [3.63, 3.8) is 0 Å². The van der Waals surface area contributed by atoms with Gasteiger partial charge in [0, 0.05) is 18.3 Å². The van der Waals surface area contributed by atoms with Gasteiger partial charge in [0.1, 0.15) is 5.82 Å². The maximum Gasteiger partial charge on any atom is 0.126 e. The van der Waals surface area contributed by atoms with Crippen LogP contribution in [0, 0.1) is 12.8 Å². The standard InChI is InChI=1S/C16H27N3/c1-13-7-9-17-15(10-13)18-12-16(19(3)4)8-5-6-14(2)11-16/h7,9-10,14H,5-6,8,11-12H2,1-4H3,(H,17,18). The second-order valence-electron chi connectivity index (χ2n) is 6.39. The number of nitrogens with zero attached hydrogens (tertiary/aromatic N) is 2. The van der Waals surface area contributed by atoms with E-state index in [1.54, 1.807) is 0 Å². The topological polar surface area (TPSA) is 28.2 Å². The van der Waals surface area contributed by atoms with Gasteiger partial charge >= 0.3 is 0 Å². The Kier molecular flexibility index (Phi) is 4.46. The van der Waals surface area contributed by atoms with Crippen LogP contribution in [0.25, 0.3) is 0 Å². The molecule has 1 heterocycles. The van der Waals surface area contributed by atoms with Crippen molar-refractivity contribution in [2.24, 2.45) is 5.92 Å². The first kappa shape index (κ1) is 14.3. The summed E-state index contributed by atoms with van der Waals surface area (Å²) in [4.78, 5) is 6.81. The molecule has 2 atom stereocenters. The Morgan fingerprint density at radius 2 is 2.26 bits per heavy atom. The van der Waals surface area contributed by atoms with Gasteiger partial charge in [-0.05, 0) is 57.5 Å². The largest absolute Gasteiger partial charge is 0.368 e. The summed E-state index contributed by atoms with van der Waals surface area (Å²) in [5.41, 5.74) is 1.54. The zero-order valence-corrected chi connectivity index (χ0v) is 12.7. The molecule has 2 unspecified atom stereocenters. The van der Waals surface area contributed by atoms with E-state index in [4.69, 9.17) is 0 Å². The lowest BCUT2D eigenvalue weighted by Crippen LogP contribution is -2.52. The first-order valence-corrected chi connectivity index (χ1v) is 7.36. The van der Waals surface area contributed by atoms with Crippen molar-refractivity contribution in [1.82, 2.24) is 9.88 Å². The number of anilines is 1. The summed E-state index contributed by atoms with van der Waals surface area (Å²) in [5, 5.41) is 3.55. The summed E-state index contributed by atoms with van der Waals surface area (Å²) in [6.07, 6.45) is 7.14. The number of pyridine rings is 1. The average molecular weight is 261 g/mol. The Morgan fingerprint density at radius 3 is 2.89 bits per heavy atom. The quantitative estimate of drug-likeness (QED) is 0.901. The Balaban J connectivity index is 2.05. The summed E-state index contributed by atoms with van der Waals surface area (Å²) < 4.78 is 0. The number of aryl methyl sites for hydroxylation is 1. The minimum atomic E-state index is 0.281. The maximum absolute atomic E-state index is 4.40. The molecule has 1 aliphatic carbocycles. The smallest absolute Gasteiger partial charge is 0.126 e. The molecule has 106 valence electrons. The van der Waals surface area contributed by atoms with Crippen molar-refractivity contribution in [3.8, 4) is 0 Å². The van der Waals surface area contributed by atoms with Gasteiger partial charge in [0.15, 0.2) is 0 Å². The van der Waals surface area contributed by atoms with Crippen LogP contribution in [-0.4, -0.2) is 36.1 Å². The van der Waals surface area contributed by atoms with E-state index in [9.17, 15) is 0 Å². The van der Waals surface area contributed by atoms with Crippen molar-refractivity contribution in [3.05, 3.63) is 23.9 Å². The van der Waals surface area contributed by atoms with Crippen LogP contribution in [0.5, 0.6) is 0 Å². The fourth-order valence-electron chi connectivity index (χ4n) is 3.25. The molecule has 1 aromatic rings. The van der Waals surface area contributed by atoms with E-state index in [0.717, 1.165) is 18.3 Å². The molecule has 0 aliphatic heterocycles. The second-order valence-corrected chi connectivity index (χ2v) is 6.39. The maximum atomic E-state index is 4.40. The van der Waals surface area contributed by atoms with Crippen LogP contribution in [0.2, 0.25) is 0 Å². The van der Waals surface area contributed by atoms with Gasteiger partial charge in [-0.3, -0.25) is 0 Å². The van der Waals surface area contributed by atoms with Gasteiger partial charge in [0.2, 0.25) is 0 Å². The monoisotopic (exact) mass is 261 g/mol. The molecule has 19 heavy (non-hydrogen) atoms. The van der Waals surface area contributed by atoms with E-state index in [2.05, 4.69) is 49.2 Å². The van der Waals surface area contributed by atoms with E-state index in [1.807, 2.05) is 12.3 Å². The zero-order valence-electron chi connectivity index (χ0n) is 12.7. The normalized spacial score (nSPS) is 27.5. The van der Waals surface area contributed by atoms with Crippen LogP contribution in [-0.2, 0) is 0 Å². The highest BCUT2D eigenvalue weighted by molar-refractivity contribution is 5.37. The Labute approximate surface area is 117 Å². The molecule has 1 aromatic heterocycles. The lowest BCUT2D eigenvalue weighted by atomic mass is 9.75. The van der Waals surface area contributed by atoms with Crippen molar-refractivity contribution in [1.29, 1.82) is 0 Å². The summed E-state index contributed by atoms with van der Waals surface area (Å²) >= 11 is 0. The van der Waals surface area contributed by atoms with Gasteiger partial charge in [-0.15, -0.1) is 0 Å². The fourth-order valence-corrected chi connectivity index (χ4v) is 3.25. The van der Waals surface area contributed by atoms with Gasteiger partial charge in [0.25, 0.3) is 0 Å². The lowest BCUT2D eigenvalue weighted by Gasteiger charge is -2.45. The van der Waals surface area contributed by atoms with E-state index in [0.29, 0.717) is 0 Å². The van der Waals surface area contributed by atoms with Crippen LogP contribution in [0.1, 0.15) is 38.2 Å². The molecule has 3 nitrogen and oxygen atoms in total. The van der Waals surface area contributed by atoms with Crippen LogP contribution >= 0.6 is 0 Å². The molecule has 1 aliphatic rings. The Morgan fingerprint density at radius 1 is 1.47 bits per heavy atom. The Hall–Kier alpha value is -1.09. The third kappa shape index (κ3) is 3.47. The third-order valence-electron chi connectivity index (χ3n) is 4.53. The molecular formula is C16H27N3. The number of aromatic nitrogens is 1. The fraction of sp³-hybridized carbons (Fsp3) is 0.688. The van der Waals surface area contributed by atoms with Crippen LogP contribution in [0.4, 0.5) is 5.82 Å². The molecule has 0 aromatic carbocycles. The molecule has 2 rings (SSSR count). The Bertz CT molecular complexity index is 416. The van der Waals surface area contributed by atoms with Crippen LogP contribution in [0.3, 0.4) is 0 Å². The molecule has 0 radical (unpaired) electrons. The highest BCUT2D eigenvalue weighted by atomic mass is 15.2. The summed E-state index contributed by atoms with van der Waals surface area (Å²) in [6, 6.07) is 4.16. The van der Waals surface area contributed by atoms with E-state index in [-0.39, 0.29) is 5.54 Å². The van der Waals surface area contributed by atoms with E-state index in [1.165, 1.54) is 31.2 Å². The van der Waals surface area contributed by atoms with Crippen molar-refractivity contribution < 1.29 is 0 Å². The highest BCUT2D eigenvalue weighted by Gasteiger charge is 2.36. The van der Waals surface area contributed by atoms with Gasteiger partial charge in [-0.2, -0.15) is 0 Å².